The average Bonchev–Trinajstić information content (AvgIpc) is 3.52. The molecule has 0 bridgehead atoms. The molecule has 0 spiro atoms. The number of fused-ring (bicyclic) bond motifs is 1. The lowest BCUT2D eigenvalue weighted by Gasteiger charge is -2.27. The van der Waals surface area contributed by atoms with E-state index in [0.29, 0.717) is 47.7 Å². The van der Waals surface area contributed by atoms with E-state index in [2.05, 4.69) is 0 Å². The summed E-state index contributed by atoms with van der Waals surface area (Å²) in [5.74, 6) is -0.729. The largest absolute Gasteiger partial charge is 0.503 e. The lowest BCUT2D eigenvalue weighted by molar-refractivity contribution is -0.129. The zero-order chi connectivity index (χ0) is 27.4. The van der Waals surface area contributed by atoms with Gasteiger partial charge in [-0.05, 0) is 41.8 Å². The van der Waals surface area contributed by atoms with Crippen molar-refractivity contribution < 1.29 is 33.3 Å². The molecule has 39 heavy (non-hydrogen) atoms. The molecule has 4 aromatic rings. The first kappa shape index (κ1) is 26.1. The van der Waals surface area contributed by atoms with E-state index in [0.717, 1.165) is 5.56 Å². The number of aliphatic hydroxyl groups is 1. The second-order valence-electron chi connectivity index (χ2n) is 9.17. The number of ketones is 1. The van der Waals surface area contributed by atoms with Crippen molar-refractivity contribution in [3.05, 3.63) is 107 Å². The van der Waals surface area contributed by atoms with E-state index in [1.165, 1.54) is 12.0 Å². The van der Waals surface area contributed by atoms with Gasteiger partial charge in [0.05, 0.1) is 18.7 Å². The topological polar surface area (TPSA) is 98.4 Å². The number of hydrogen-bond acceptors (Lipinski definition) is 7. The normalized spacial score (nSPS) is 15.3. The molecule has 2 heterocycles. The Morgan fingerprint density at radius 3 is 2.56 bits per heavy atom. The van der Waals surface area contributed by atoms with E-state index in [4.69, 9.17) is 18.6 Å². The van der Waals surface area contributed by atoms with Crippen molar-refractivity contribution in [2.24, 2.45) is 0 Å². The Kier molecular flexibility index (Phi) is 7.65. The maximum absolute atomic E-state index is 13.8. The van der Waals surface area contributed by atoms with Crippen LogP contribution in [0.2, 0.25) is 0 Å². The van der Waals surface area contributed by atoms with Crippen LogP contribution in [0.5, 0.6) is 11.5 Å². The van der Waals surface area contributed by atoms with E-state index >= 15 is 0 Å². The fraction of sp³-hybridized carbons (Fsp3) is 0.226. The van der Waals surface area contributed by atoms with Gasteiger partial charge in [-0.15, -0.1) is 0 Å². The summed E-state index contributed by atoms with van der Waals surface area (Å²) in [4.78, 5) is 28.6. The van der Waals surface area contributed by atoms with Gasteiger partial charge in [0.2, 0.25) is 5.78 Å². The van der Waals surface area contributed by atoms with Crippen molar-refractivity contribution in [3.8, 4) is 11.5 Å². The third kappa shape index (κ3) is 5.24. The monoisotopic (exact) mass is 527 g/mol. The van der Waals surface area contributed by atoms with Crippen molar-refractivity contribution >= 4 is 22.7 Å². The third-order valence-electron chi connectivity index (χ3n) is 6.67. The zero-order valence-corrected chi connectivity index (χ0v) is 21.8. The number of methoxy groups -OCH3 is 2. The van der Waals surface area contributed by atoms with Crippen molar-refractivity contribution in [2.45, 2.75) is 19.1 Å². The molecule has 5 rings (SSSR count). The Labute approximate surface area is 226 Å². The summed E-state index contributed by atoms with van der Waals surface area (Å²) in [6.45, 7) is 1.06. The first-order chi connectivity index (χ1) is 19.0. The Morgan fingerprint density at radius 1 is 1.00 bits per heavy atom. The molecular formula is C31H29NO7. The number of carbonyl (C=O) groups excluding carboxylic acids is 2. The molecule has 0 aliphatic carbocycles. The van der Waals surface area contributed by atoms with Crippen LogP contribution in [0.3, 0.4) is 0 Å². The molecule has 1 aliphatic rings. The molecular weight excluding hydrogens is 498 g/mol. The summed E-state index contributed by atoms with van der Waals surface area (Å²) in [7, 11) is 3.10. The third-order valence-corrected chi connectivity index (χ3v) is 6.67. The molecule has 8 heteroatoms. The lowest BCUT2D eigenvalue weighted by Crippen LogP contribution is -2.32. The van der Waals surface area contributed by atoms with Gasteiger partial charge in [-0.1, -0.05) is 54.6 Å². The van der Waals surface area contributed by atoms with E-state index in [9.17, 15) is 14.7 Å². The number of amides is 1. The van der Waals surface area contributed by atoms with Crippen LogP contribution in [0.25, 0.3) is 11.0 Å². The maximum Gasteiger partial charge on any atom is 0.290 e. The zero-order valence-electron chi connectivity index (χ0n) is 21.8. The summed E-state index contributed by atoms with van der Waals surface area (Å²) in [5.41, 5.74) is 2.01. The lowest BCUT2D eigenvalue weighted by atomic mass is 9.94. The van der Waals surface area contributed by atoms with Gasteiger partial charge in [0.15, 0.2) is 22.9 Å². The summed E-state index contributed by atoms with van der Waals surface area (Å²) in [5, 5.41) is 11.7. The number of nitrogens with zero attached hydrogens (tertiary/aromatic N) is 1. The SMILES string of the molecule is COCCCN1C(=O)C(O)=C(C(=O)c2cc3cccc(OC)c3o2)C1c1cccc(OCc2ccccc2)c1. The Morgan fingerprint density at radius 2 is 1.79 bits per heavy atom. The minimum absolute atomic E-state index is 0.00377. The molecule has 200 valence electrons. The first-order valence-electron chi connectivity index (χ1n) is 12.6. The van der Waals surface area contributed by atoms with Gasteiger partial charge in [0, 0.05) is 25.6 Å². The molecule has 0 saturated heterocycles. The summed E-state index contributed by atoms with van der Waals surface area (Å²) in [6.07, 6.45) is 0.527. The fourth-order valence-electron chi connectivity index (χ4n) is 4.80. The van der Waals surface area contributed by atoms with Crippen LogP contribution in [0.1, 0.15) is 34.1 Å². The smallest absolute Gasteiger partial charge is 0.290 e. The van der Waals surface area contributed by atoms with Crippen molar-refractivity contribution in [1.82, 2.24) is 4.90 Å². The maximum atomic E-state index is 13.8. The fourth-order valence-corrected chi connectivity index (χ4v) is 4.80. The first-order valence-corrected chi connectivity index (χ1v) is 12.6. The van der Waals surface area contributed by atoms with E-state index < -0.39 is 23.5 Å². The molecule has 1 amide bonds. The van der Waals surface area contributed by atoms with Crippen molar-refractivity contribution in [2.75, 3.05) is 27.4 Å². The minimum Gasteiger partial charge on any atom is -0.503 e. The molecule has 1 aromatic heterocycles. The number of Topliss-reactive ketones (excluding diaryl/α,β-unsaturated/α-hetero) is 1. The summed E-state index contributed by atoms with van der Waals surface area (Å²) < 4.78 is 22.4. The highest BCUT2D eigenvalue weighted by molar-refractivity contribution is 6.16. The molecule has 8 nitrogen and oxygen atoms in total. The molecule has 1 N–H and O–H groups in total. The molecule has 1 unspecified atom stereocenters. The number of rotatable bonds is 11. The number of furan rings is 1. The highest BCUT2D eigenvalue weighted by Gasteiger charge is 2.44. The standard InChI is InChI=1S/C31H29NO7/c1-36-16-8-15-32-27(21-11-6-13-23(17-21)38-19-20-9-4-3-5-10-20)26(29(34)31(32)35)28(33)25-18-22-12-7-14-24(37-2)30(22)39-25/h3-7,9-14,17-18,27,34H,8,15-16,19H2,1-2H3. The molecule has 3 aromatic carbocycles. The Hall–Kier alpha value is -4.56. The van der Waals surface area contributed by atoms with Gasteiger partial charge in [0.1, 0.15) is 12.4 Å². The van der Waals surface area contributed by atoms with E-state index in [-0.39, 0.29) is 17.9 Å². The number of para-hydroxylation sites is 1. The number of ether oxygens (including phenoxy) is 3. The molecule has 1 atom stereocenters. The van der Waals surface area contributed by atoms with Gasteiger partial charge < -0.3 is 28.6 Å². The molecule has 1 aliphatic heterocycles. The van der Waals surface area contributed by atoms with E-state index in [1.807, 2.05) is 42.5 Å². The van der Waals surface area contributed by atoms with Gasteiger partial charge in [-0.2, -0.15) is 0 Å². The number of hydrogen-bond donors (Lipinski definition) is 1. The van der Waals surface area contributed by atoms with Crippen LogP contribution in [0.4, 0.5) is 0 Å². The highest BCUT2D eigenvalue weighted by Crippen LogP contribution is 2.41. The van der Waals surface area contributed by atoms with Gasteiger partial charge in [-0.25, -0.2) is 0 Å². The summed E-state index contributed by atoms with van der Waals surface area (Å²) in [6, 6.07) is 23.1. The van der Waals surface area contributed by atoms with Crippen LogP contribution < -0.4 is 9.47 Å². The second-order valence-corrected chi connectivity index (χ2v) is 9.17. The van der Waals surface area contributed by atoms with Crippen molar-refractivity contribution in [1.29, 1.82) is 0 Å². The number of benzene rings is 3. The number of aliphatic hydroxyl groups excluding tert-OH is 1. The van der Waals surface area contributed by atoms with Gasteiger partial charge >= 0.3 is 0 Å². The molecule has 0 radical (unpaired) electrons. The van der Waals surface area contributed by atoms with Crippen molar-refractivity contribution in [3.63, 3.8) is 0 Å². The van der Waals surface area contributed by atoms with Crippen LogP contribution in [0, 0.1) is 0 Å². The molecule has 0 saturated carbocycles. The Balaban J connectivity index is 1.51. The molecule has 0 fully saturated rings. The predicted molar refractivity (Wildman–Crippen MR) is 145 cm³/mol. The van der Waals surface area contributed by atoms with Crippen LogP contribution in [-0.2, 0) is 16.1 Å². The highest BCUT2D eigenvalue weighted by atomic mass is 16.5. The second kappa shape index (κ2) is 11.4. The summed E-state index contributed by atoms with van der Waals surface area (Å²) >= 11 is 0. The van der Waals surface area contributed by atoms with Crippen LogP contribution in [-0.4, -0.2) is 49.1 Å². The van der Waals surface area contributed by atoms with E-state index in [1.54, 1.807) is 43.5 Å². The van der Waals surface area contributed by atoms with Crippen LogP contribution in [0.15, 0.2) is 94.6 Å². The number of carbonyl (C=O) groups is 2. The van der Waals surface area contributed by atoms with Gasteiger partial charge in [-0.3, -0.25) is 9.59 Å². The predicted octanol–water partition coefficient (Wildman–Crippen LogP) is 5.64. The van der Waals surface area contributed by atoms with Crippen LogP contribution >= 0.6 is 0 Å². The Bertz CT molecular complexity index is 1520. The van der Waals surface area contributed by atoms with Gasteiger partial charge in [0.25, 0.3) is 5.91 Å². The quantitative estimate of drug-likeness (QED) is 0.199. The average molecular weight is 528 g/mol. The minimum atomic E-state index is -0.836.